The van der Waals surface area contributed by atoms with Gasteiger partial charge in [0.2, 0.25) is 5.91 Å². The van der Waals surface area contributed by atoms with Gasteiger partial charge in [-0.25, -0.2) is 0 Å². The van der Waals surface area contributed by atoms with E-state index in [1.54, 1.807) is 0 Å². The van der Waals surface area contributed by atoms with Gasteiger partial charge >= 0.3 is 0 Å². The summed E-state index contributed by atoms with van der Waals surface area (Å²) in [5.74, 6) is 2.68. The first-order valence-corrected chi connectivity index (χ1v) is 7.52. The molecule has 0 bridgehead atoms. The summed E-state index contributed by atoms with van der Waals surface area (Å²) in [6.45, 7) is 6.46. The third-order valence-electron chi connectivity index (χ3n) is 3.84. The number of rotatable bonds is 6. The molecule has 0 unspecified atom stereocenters. The molecule has 1 amide bonds. The number of hydrogen-bond acceptors (Lipinski definition) is 2. The van der Waals surface area contributed by atoms with Gasteiger partial charge < -0.3 is 4.90 Å². The second-order valence-electron chi connectivity index (χ2n) is 5.16. The lowest BCUT2D eigenvalue weighted by Gasteiger charge is -2.41. The van der Waals surface area contributed by atoms with Crippen molar-refractivity contribution in [2.24, 2.45) is 5.41 Å². The van der Waals surface area contributed by atoms with Crippen LogP contribution in [0.4, 0.5) is 0 Å². The minimum Gasteiger partial charge on any atom is -0.343 e. The van der Waals surface area contributed by atoms with E-state index in [1.165, 1.54) is 12.2 Å². The van der Waals surface area contributed by atoms with Gasteiger partial charge in [-0.15, -0.1) is 0 Å². The minimum atomic E-state index is -0.0408. The van der Waals surface area contributed by atoms with Crippen LogP contribution in [0.5, 0.6) is 0 Å². The molecule has 3 heteroatoms. The van der Waals surface area contributed by atoms with Gasteiger partial charge in [0.05, 0.1) is 0 Å². The van der Waals surface area contributed by atoms with Gasteiger partial charge in [-0.3, -0.25) is 4.79 Å². The van der Waals surface area contributed by atoms with E-state index < -0.39 is 0 Å². The summed E-state index contributed by atoms with van der Waals surface area (Å²) in [4.78, 5) is 14.2. The van der Waals surface area contributed by atoms with E-state index in [4.69, 9.17) is 0 Å². The smallest absolute Gasteiger partial charge is 0.228 e. The van der Waals surface area contributed by atoms with E-state index >= 15 is 0 Å². The molecular weight excluding hydrogens is 218 g/mol. The zero-order chi connectivity index (χ0) is 12.2. The number of nitrogens with zero attached hydrogens (tertiary/aromatic N) is 1. The largest absolute Gasteiger partial charge is 0.343 e. The lowest BCUT2D eigenvalue weighted by Crippen LogP contribution is -2.47. The van der Waals surface area contributed by atoms with Crippen molar-refractivity contribution in [3.63, 3.8) is 0 Å². The van der Waals surface area contributed by atoms with Gasteiger partial charge in [-0.05, 0) is 37.7 Å². The van der Waals surface area contributed by atoms with E-state index in [9.17, 15) is 4.79 Å². The highest BCUT2D eigenvalue weighted by Gasteiger charge is 2.41. The van der Waals surface area contributed by atoms with Crippen LogP contribution in [-0.2, 0) is 4.79 Å². The topological polar surface area (TPSA) is 20.3 Å². The molecule has 94 valence electrons. The molecule has 1 rings (SSSR count). The first kappa shape index (κ1) is 13.9. The summed E-state index contributed by atoms with van der Waals surface area (Å²) < 4.78 is 0. The first-order valence-electron chi connectivity index (χ1n) is 6.36. The number of hydrogen-bond donors (Lipinski definition) is 0. The van der Waals surface area contributed by atoms with Gasteiger partial charge in [0.1, 0.15) is 0 Å². The highest BCUT2D eigenvalue weighted by Crippen LogP contribution is 2.42. The molecular formula is C13H25NOS. The maximum atomic E-state index is 12.2. The van der Waals surface area contributed by atoms with Crippen molar-refractivity contribution in [3.05, 3.63) is 0 Å². The average molecular weight is 243 g/mol. The van der Waals surface area contributed by atoms with Gasteiger partial charge in [0.25, 0.3) is 0 Å². The van der Waals surface area contributed by atoms with Crippen molar-refractivity contribution in [1.29, 1.82) is 0 Å². The Hall–Kier alpha value is -0.180. The fraction of sp³-hybridized carbons (Fsp3) is 0.923. The van der Waals surface area contributed by atoms with Crippen LogP contribution in [0.1, 0.15) is 46.5 Å². The maximum absolute atomic E-state index is 12.2. The zero-order valence-corrected chi connectivity index (χ0v) is 11.9. The molecule has 0 saturated heterocycles. The van der Waals surface area contributed by atoms with Crippen LogP contribution in [-0.4, -0.2) is 35.4 Å². The summed E-state index contributed by atoms with van der Waals surface area (Å²) in [6, 6.07) is 0.379. The minimum absolute atomic E-state index is 0.0408. The molecule has 0 aromatic rings. The summed E-state index contributed by atoms with van der Waals surface area (Å²) in [5.41, 5.74) is -0.0408. The van der Waals surface area contributed by atoms with E-state index in [2.05, 4.69) is 20.8 Å². The van der Waals surface area contributed by atoms with Gasteiger partial charge in [-0.2, -0.15) is 11.8 Å². The third kappa shape index (κ3) is 3.16. The Morgan fingerprint density at radius 3 is 2.56 bits per heavy atom. The number of carbonyl (C=O) groups excluding carboxylic acids is 1. The van der Waals surface area contributed by atoms with Crippen LogP contribution < -0.4 is 0 Å². The predicted octanol–water partition coefficient (Wildman–Crippen LogP) is 3.17. The molecule has 0 radical (unpaired) electrons. The molecule has 1 saturated carbocycles. The predicted molar refractivity (Wildman–Crippen MR) is 71.8 cm³/mol. The molecule has 0 aromatic heterocycles. The van der Waals surface area contributed by atoms with Crippen LogP contribution in [0.2, 0.25) is 0 Å². The lowest BCUT2D eigenvalue weighted by atomic mass is 9.69. The Bertz CT molecular complexity index is 238. The Morgan fingerprint density at radius 2 is 2.12 bits per heavy atom. The molecule has 2 nitrogen and oxygen atoms in total. The van der Waals surface area contributed by atoms with Crippen LogP contribution in [0.15, 0.2) is 0 Å². The SMILES string of the molecule is CCSCC[C@@H](C)N(C)C(=O)C1(C)CCC1. The van der Waals surface area contributed by atoms with Crippen molar-refractivity contribution in [3.8, 4) is 0 Å². The average Bonchev–Trinajstić information content (AvgIpc) is 2.24. The van der Waals surface area contributed by atoms with E-state index in [-0.39, 0.29) is 5.41 Å². The zero-order valence-electron chi connectivity index (χ0n) is 11.1. The fourth-order valence-corrected chi connectivity index (χ4v) is 2.94. The van der Waals surface area contributed by atoms with Crippen molar-refractivity contribution in [2.75, 3.05) is 18.6 Å². The van der Waals surface area contributed by atoms with E-state index in [0.717, 1.165) is 25.0 Å². The van der Waals surface area contributed by atoms with Crippen molar-refractivity contribution in [2.45, 2.75) is 52.5 Å². The normalized spacial score (nSPS) is 20.0. The molecule has 0 aliphatic heterocycles. The first-order chi connectivity index (χ1) is 7.51. The Labute approximate surface area is 104 Å². The van der Waals surface area contributed by atoms with E-state index in [0.29, 0.717) is 11.9 Å². The molecule has 0 heterocycles. The monoisotopic (exact) mass is 243 g/mol. The summed E-state index contributed by atoms with van der Waals surface area (Å²) >= 11 is 1.95. The Balaban J connectivity index is 2.37. The molecule has 0 N–H and O–H groups in total. The van der Waals surface area contributed by atoms with Crippen LogP contribution >= 0.6 is 11.8 Å². The van der Waals surface area contributed by atoms with E-state index in [1.807, 2.05) is 23.7 Å². The fourth-order valence-electron chi connectivity index (χ4n) is 2.14. The summed E-state index contributed by atoms with van der Waals surface area (Å²) in [7, 11) is 1.97. The molecule has 16 heavy (non-hydrogen) atoms. The molecule has 0 aromatic carbocycles. The molecule has 1 atom stereocenters. The number of carbonyl (C=O) groups is 1. The highest BCUT2D eigenvalue weighted by molar-refractivity contribution is 7.99. The standard InChI is InChI=1S/C13H25NOS/c1-5-16-10-7-11(2)14(4)12(15)13(3)8-6-9-13/h11H,5-10H2,1-4H3/t11-/m1/s1. The van der Waals surface area contributed by atoms with Crippen LogP contribution in [0.3, 0.4) is 0 Å². The number of thioether (sulfide) groups is 1. The second-order valence-corrected chi connectivity index (χ2v) is 6.56. The van der Waals surface area contributed by atoms with Gasteiger partial charge in [0.15, 0.2) is 0 Å². The van der Waals surface area contributed by atoms with Crippen LogP contribution in [0.25, 0.3) is 0 Å². The second kappa shape index (κ2) is 5.95. The molecule has 0 spiro atoms. The number of amides is 1. The maximum Gasteiger partial charge on any atom is 0.228 e. The Kier molecular flexibility index (Phi) is 5.16. The van der Waals surface area contributed by atoms with Crippen molar-refractivity contribution in [1.82, 2.24) is 4.90 Å². The molecule has 1 aliphatic carbocycles. The van der Waals surface area contributed by atoms with Crippen molar-refractivity contribution >= 4 is 17.7 Å². The van der Waals surface area contributed by atoms with Crippen LogP contribution in [0, 0.1) is 5.41 Å². The summed E-state index contributed by atoms with van der Waals surface area (Å²) in [5, 5.41) is 0. The third-order valence-corrected chi connectivity index (χ3v) is 4.77. The van der Waals surface area contributed by atoms with Gasteiger partial charge in [-0.1, -0.05) is 20.3 Å². The highest BCUT2D eigenvalue weighted by atomic mass is 32.2. The molecule has 1 fully saturated rings. The molecule has 1 aliphatic rings. The quantitative estimate of drug-likeness (QED) is 0.668. The van der Waals surface area contributed by atoms with Gasteiger partial charge in [0, 0.05) is 18.5 Å². The van der Waals surface area contributed by atoms with Crippen molar-refractivity contribution < 1.29 is 4.79 Å². The summed E-state index contributed by atoms with van der Waals surface area (Å²) in [6.07, 6.45) is 4.48. The lowest BCUT2D eigenvalue weighted by molar-refractivity contribution is -0.146. The Morgan fingerprint density at radius 1 is 1.50 bits per heavy atom.